The van der Waals surface area contributed by atoms with E-state index in [9.17, 15) is 4.79 Å². The first-order valence-corrected chi connectivity index (χ1v) is 6.30. The zero-order valence-electron chi connectivity index (χ0n) is 9.82. The molecule has 0 aromatic heterocycles. The molecule has 0 bridgehead atoms. The van der Waals surface area contributed by atoms with Crippen LogP contribution in [-0.2, 0) is 15.1 Å². The van der Waals surface area contributed by atoms with E-state index in [2.05, 4.69) is 17.4 Å². The normalized spacial score (nSPS) is 32.7. The van der Waals surface area contributed by atoms with Gasteiger partial charge in [-0.2, -0.15) is 0 Å². The summed E-state index contributed by atoms with van der Waals surface area (Å²) in [4.78, 5) is 11.5. The van der Waals surface area contributed by atoms with E-state index < -0.39 is 0 Å². The number of benzene rings is 1. The van der Waals surface area contributed by atoms with Gasteiger partial charge in [-0.1, -0.05) is 43.2 Å². The number of morpholine rings is 1. The standard InChI is InChI=1S/C14H17NO2/c16-13-10-17-14(11-6-2-1-3-7-11)9-5-4-8-12(14)15-13/h1-3,6-7,12H,4-5,8-10H2,(H,15,16)/t12-,14+/m1/s1. The monoisotopic (exact) mass is 231 g/mol. The summed E-state index contributed by atoms with van der Waals surface area (Å²) in [5.41, 5.74) is 0.914. The highest BCUT2D eigenvalue weighted by Crippen LogP contribution is 2.42. The fraction of sp³-hybridized carbons (Fsp3) is 0.500. The summed E-state index contributed by atoms with van der Waals surface area (Å²) in [7, 11) is 0. The molecule has 1 N–H and O–H groups in total. The van der Waals surface area contributed by atoms with E-state index in [-0.39, 0.29) is 24.2 Å². The number of ether oxygens (including phenoxy) is 1. The molecule has 2 atom stereocenters. The first kappa shape index (κ1) is 10.8. The molecular formula is C14H17NO2. The van der Waals surface area contributed by atoms with Gasteiger partial charge in [-0.3, -0.25) is 4.79 Å². The summed E-state index contributed by atoms with van der Waals surface area (Å²) in [5, 5.41) is 3.09. The smallest absolute Gasteiger partial charge is 0.246 e. The Hall–Kier alpha value is -1.35. The topological polar surface area (TPSA) is 38.3 Å². The van der Waals surface area contributed by atoms with Crippen molar-refractivity contribution >= 4 is 5.91 Å². The molecule has 1 amide bonds. The first-order chi connectivity index (χ1) is 8.31. The number of hydrogen-bond acceptors (Lipinski definition) is 2. The summed E-state index contributed by atoms with van der Waals surface area (Å²) < 4.78 is 5.96. The van der Waals surface area contributed by atoms with Crippen molar-refractivity contribution in [3.05, 3.63) is 35.9 Å². The van der Waals surface area contributed by atoms with E-state index in [1.54, 1.807) is 0 Å². The van der Waals surface area contributed by atoms with Crippen LogP contribution in [0.1, 0.15) is 31.2 Å². The highest BCUT2D eigenvalue weighted by atomic mass is 16.5. The van der Waals surface area contributed by atoms with Gasteiger partial charge in [-0.15, -0.1) is 0 Å². The zero-order valence-corrected chi connectivity index (χ0v) is 9.82. The molecule has 0 spiro atoms. The number of amides is 1. The molecule has 1 aromatic rings. The SMILES string of the molecule is O=C1CO[C@]2(c3ccccc3)CCCC[C@H]2N1. The Kier molecular flexibility index (Phi) is 2.63. The molecule has 1 saturated heterocycles. The maximum Gasteiger partial charge on any atom is 0.246 e. The van der Waals surface area contributed by atoms with Crippen LogP contribution in [0.2, 0.25) is 0 Å². The van der Waals surface area contributed by atoms with Crippen molar-refractivity contribution in [2.45, 2.75) is 37.3 Å². The van der Waals surface area contributed by atoms with Crippen LogP contribution in [-0.4, -0.2) is 18.6 Å². The first-order valence-electron chi connectivity index (χ1n) is 6.30. The van der Waals surface area contributed by atoms with Gasteiger partial charge in [0, 0.05) is 0 Å². The molecule has 2 aliphatic rings. The second kappa shape index (κ2) is 4.15. The number of carbonyl (C=O) groups is 1. The van der Waals surface area contributed by atoms with Crippen LogP contribution in [0.15, 0.2) is 30.3 Å². The minimum absolute atomic E-state index is 0.0171. The Morgan fingerprint density at radius 1 is 1.24 bits per heavy atom. The van der Waals surface area contributed by atoms with Crippen molar-refractivity contribution in [2.24, 2.45) is 0 Å². The van der Waals surface area contributed by atoms with Gasteiger partial charge in [-0.25, -0.2) is 0 Å². The van der Waals surface area contributed by atoms with E-state index in [4.69, 9.17) is 4.74 Å². The third-order valence-electron chi connectivity index (χ3n) is 3.91. The predicted octanol–water partition coefficient (Wildman–Crippen LogP) is 1.97. The molecule has 1 heterocycles. The number of carbonyl (C=O) groups excluding carboxylic acids is 1. The number of nitrogens with one attached hydrogen (secondary N) is 1. The lowest BCUT2D eigenvalue weighted by molar-refractivity contribution is -0.160. The lowest BCUT2D eigenvalue weighted by atomic mass is 9.74. The van der Waals surface area contributed by atoms with Crippen LogP contribution in [0.25, 0.3) is 0 Å². The third-order valence-corrected chi connectivity index (χ3v) is 3.91. The molecule has 1 saturated carbocycles. The van der Waals surface area contributed by atoms with E-state index in [1.165, 1.54) is 18.4 Å². The van der Waals surface area contributed by atoms with Crippen molar-refractivity contribution in [3.8, 4) is 0 Å². The molecule has 0 unspecified atom stereocenters. The van der Waals surface area contributed by atoms with Gasteiger partial charge in [0.1, 0.15) is 12.2 Å². The maximum absolute atomic E-state index is 11.5. The van der Waals surface area contributed by atoms with E-state index in [1.807, 2.05) is 18.2 Å². The zero-order chi connectivity index (χ0) is 11.7. The van der Waals surface area contributed by atoms with Gasteiger partial charge < -0.3 is 10.1 Å². The molecular weight excluding hydrogens is 214 g/mol. The van der Waals surface area contributed by atoms with Gasteiger partial charge in [0.2, 0.25) is 5.91 Å². The van der Waals surface area contributed by atoms with Crippen LogP contribution < -0.4 is 5.32 Å². The van der Waals surface area contributed by atoms with Crippen LogP contribution >= 0.6 is 0 Å². The summed E-state index contributed by atoms with van der Waals surface area (Å²) in [5.74, 6) is 0.0171. The molecule has 3 nitrogen and oxygen atoms in total. The molecule has 2 fully saturated rings. The minimum Gasteiger partial charge on any atom is -0.358 e. The Bertz CT molecular complexity index is 417. The summed E-state index contributed by atoms with van der Waals surface area (Å²) in [6, 6.07) is 10.4. The molecule has 0 radical (unpaired) electrons. The molecule has 1 aliphatic carbocycles. The highest BCUT2D eigenvalue weighted by molar-refractivity contribution is 5.78. The fourth-order valence-electron chi connectivity index (χ4n) is 3.08. The Morgan fingerprint density at radius 2 is 2.06 bits per heavy atom. The van der Waals surface area contributed by atoms with E-state index >= 15 is 0 Å². The molecule has 3 rings (SSSR count). The average Bonchev–Trinajstić information content (AvgIpc) is 2.40. The van der Waals surface area contributed by atoms with Gasteiger partial charge in [-0.05, 0) is 18.4 Å². The predicted molar refractivity (Wildman–Crippen MR) is 64.5 cm³/mol. The third kappa shape index (κ3) is 1.75. The van der Waals surface area contributed by atoms with Gasteiger partial charge in [0.05, 0.1) is 6.04 Å². The molecule has 1 aliphatic heterocycles. The lowest BCUT2D eigenvalue weighted by Crippen LogP contribution is -2.59. The fourth-order valence-corrected chi connectivity index (χ4v) is 3.08. The van der Waals surface area contributed by atoms with Crippen LogP contribution in [0.4, 0.5) is 0 Å². The Labute approximate surface area is 101 Å². The van der Waals surface area contributed by atoms with Crippen molar-refractivity contribution in [1.82, 2.24) is 5.32 Å². The Morgan fingerprint density at radius 3 is 2.88 bits per heavy atom. The maximum atomic E-state index is 11.5. The molecule has 1 aromatic carbocycles. The number of rotatable bonds is 1. The van der Waals surface area contributed by atoms with Gasteiger partial charge >= 0.3 is 0 Å². The summed E-state index contributed by atoms with van der Waals surface area (Å²) in [6.45, 7) is 0.186. The van der Waals surface area contributed by atoms with Crippen LogP contribution in [0, 0.1) is 0 Å². The molecule has 90 valence electrons. The molecule has 3 heteroatoms. The average molecular weight is 231 g/mol. The molecule has 17 heavy (non-hydrogen) atoms. The van der Waals surface area contributed by atoms with Gasteiger partial charge in [0.25, 0.3) is 0 Å². The van der Waals surface area contributed by atoms with Crippen LogP contribution in [0.5, 0.6) is 0 Å². The minimum atomic E-state index is -0.284. The van der Waals surface area contributed by atoms with Crippen molar-refractivity contribution in [3.63, 3.8) is 0 Å². The van der Waals surface area contributed by atoms with Crippen molar-refractivity contribution in [2.75, 3.05) is 6.61 Å². The van der Waals surface area contributed by atoms with E-state index in [0.717, 1.165) is 12.8 Å². The largest absolute Gasteiger partial charge is 0.358 e. The van der Waals surface area contributed by atoms with E-state index in [0.29, 0.717) is 0 Å². The van der Waals surface area contributed by atoms with Crippen molar-refractivity contribution < 1.29 is 9.53 Å². The van der Waals surface area contributed by atoms with Crippen LogP contribution in [0.3, 0.4) is 0 Å². The number of fused-ring (bicyclic) bond motifs is 1. The summed E-state index contributed by atoms with van der Waals surface area (Å²) in [6.07, 6.45) is 4.35. The number of hydrogen-bond donors (Lipinski definition) is 1. The van der Waals surface area contributed by atoms with Gasteiger partial charge in [0.15, 0.2) is 0 Å². The Balaban J connectivity index is 1.99. The quantitative estimate of drug-likeness (QED) is 0.802. The van der Waals surface area contributed by atoms with Crippen molar-refractivity contribution in [1.29, 1.82) is 0 Å². The summed E-state index contributed by atoms with van der Waals surface area (Å²) >= 11 is 0. The highest BCUT2D eigenvalue weighted by Gasteiger charge is 2.46. The second-order valence-corrected chi connectivity index (χ2v) is 4.91. The second-order valence-electron chi connectivity index (χ2n) is 4.91. The lowest BCUT2D eigenvalue weighted by Gasteiger charge is -2.47.